The highest BCUT2D eigenvalue weighted by molar-refractivity contribution is 7.13. The van der Waals surface area contributed by atoms with Gasteiger partial charge in [-0.15, -0.1) is 11.3 Å². The van der Waals surface area contributed by atoms with Crippen LogP contribution < -0.4 is 5.32 Å². The number of carbonyl (C=O) groups excluding carboxylic acids is 1. The summed E-state index contributed by atoms with van der Waals surface area (Å²) in [4.78, 5) is 29.1. The van der Waals surface area contributed by atoms with Crippen LogP contribution in [0, 0.1) is 12.8 Å². The second kappa shape index (κ2) is 7.79. The normalized spacial score (nSPS) is 18.7. The maximum Gasteiger partial charge on any atom is 0.326 e. The Labute approximate surface area is 149 Å². The molecule has 25 heavy (non-hydrogen) atoms. The van der Waals surface area contributed by atoms with E-state index in [2.05, 4.69) is 10.3 Å². The average Bonchev–Trinajstić information content (AvgIpc) is 3.24. The molecule has 1 fully saturated rings. The molecule has 1 saturated heterocycles. The zero-order chi connectivity index (χ0) is 17.8. The number of carboxylic acids is 1. The number of aliphatic carboxylic acids is 1. The summed E-state index contributed by atoms with van der Waals surface area (Å²) >= 11 is 1.50. The summed E-state index contributed by atoms with van der Waals surface area (Å²) in [6.45, 7) is 2.74. The third-order valence-electron chi connectivity index (χ3n) is 4.20. The SMILES string of the molecule is Cc1oc(-c2cccs2)nc1CC(=O)NC(C(=O)O)C1CCCOC1. The van der Waals surface area contributed by atoms with E-state index in [1.165, 1.54) is 11.3 Å². The van der Waals surface area contributed by atoms with Gasteiger partial charge < -0.3 is 19.6 Å². The van der Waals surface area contributed by atoms with E-state index >= 15 is 0 Å². The number of amides is 1. The Kier molecular flexibility index (Phi) is 5.50. The van der Waals surface area contributed by atoms with Gasteiger partial charge in [-0.2, -0.15) is 0 Å². The van der Waals surface area contributed by atoms with Crippen molar-refractivity contribution >= 4 is 23.2 Å². The van der Waals surface area contributed by atoms with Crippen LogP contribution in [0.2, 0.25) is 0 Å². The first-order chi connectivity index (χ1) is 12.0. The molecule has 1 aliphatic rings. The number of aryl methyl sites for hydroxylation is 1. The minimum atomic E-state index is -1.04. The number of oxazole rings is 1. The molecule has 0 saturated carbocycles. The highest BCUT2D eigenvalue weighted by atomic mass is 32.1. The van der Waals surface area contributed by atoms with E-state index in [-0.39, 0.29) is 18.2 Å². The summed E-state index contributed by atoms with van der Waals surface area (Å²) in [6.07, 6.45) is 1.51. The number of thiophene rings is 1. The molecule has 1 aliphatic heterocycles. The Hall–Kier alpha value is -2.19. The van der Waals surface area contributed by atoms with Crippen molar-refractivity contribution in [3.8, 4) is 10.8 Å². The number of hydrogen-bond donors (Lipinski definition) is 2. The van der Waals surface area contributed by atoms with E-state index < -0.39 is 12.0 Å². The van der Waals surface area contributed by atoms with Crippen molar-refractivity contribution in [3.05, 3.63) is 29.0 Å². The Morgan fingerprint density at radius 1 is 1.52 bits per heavy atom. The molecule has 2 aromatic heterocycles. The molecule has 8 heteroatoms. The summed E-state index contributed by atoms with van der Waals surface area (Å²) in [6, 6.07) is 2.84. The van der Waals surface area contributed by atoms with Gasteiger partial charge in [0.25, 0.3) is 0 Å². The van der Waals surface area contributed by atoms with Gasteiger partial charge in [-0.3, -0.25) is 4.79 Å². The van der Waals surface area contributed by atoms with Crippen molar-refractivity contribution in [2.45, 2.75) is 32.2 Å². The van der Waals surface area contributed by atoms with Crippen LogP contribution in [0.3, 0.4) is 0 Å². The molecule has 7 nitrogen and oxygen atoms in total. The van der Waals surface area contributed by atoms with Gasteiger partial charge in [-0.1, -0.05) is 6.07 Å². The Morgan fingerprint density at radius 3 is 3.00 bits per heavy atom. The smallest absolute Gasteiger partial charge is 0.326 e. The number of hydrogen-bond acceptors (Lipinski definition) is 6. The third-order valence-corrected chi connectivity index (χ3v) is 5.06. The lowest BCUT2D eigenvalue weighted by molar-refractivity contribution is -0.145. The zero-order valence-corrected chi connectivity index (χ0v) is 14.7. The van der Waals surface area contributed by atoms with Gasteiger partial charge in [0.2, 0.25) is 11.8 Å². The van der Waals surface area contributed by atoms with Gasteiger partial charge in [0.15, 0.2) is 0 Å². The van der Waals surface area contributed by atoms with Gasteiger partial charge in [0, 0.05) is 12.5 Å². The standard InChI is InChI=1S/C17H20N2O5S/c1-10-12(18-16(24-10)13-5-3-7-25-13)8-14(20)19-15(17(21)22)11-4-2-6-23-9-11/h3,5,7,11,15H,2,4,6,8-9H2,1H3,(H,19,20)(H,21,22). The van der Waals surface area contributed by atoms with Crippen LogP contribution in [-0.4, -0.2) is 41.2 Å². The second-order valence-electron chi connectivity index (χ2n) is 6.04. The van der Waals surface area contributed by atoms with Gasteiger partial charge in [0.1, 0.15) is 11.8 Å². The molecule has 134 valence electrons. The van der Waals surface area contributed by atoms with Crippen LogP contribution in [0.25, 0.3) is 10.8 Å². The van der Waals surface area contributed by atoms with Crippen LogP contribution >= 0.6 is 11.3 Å². The molecule has 3 rings (SSSR count). The molecule has 0 bridgehead atoms. The minimum Gasteiger partial charge on any atom is -0.480 e. The van der Waals surface area contributed by atoms with Crippen molar-refractivity contribution in [1.82, 2.24) is 10.3 Å². The Balaban J connectivity index is 1.66. The first-order valence-corrected chi connectivity index (χ1v) is 9.02. The number of nitrogens with one attached hydrogen (secondary N) is 1. The second-order valence-corrected chi connectivity index (χ2v) is 6.98. The Bertz CT molecular complexity index is 734. The van der Waals surface area contributed by atoms with E-state index in [0.29, 0.717) is 30.6 Å². The van der Waals surface area contributed by atoms with Gasteiger partial charge >= 0.3 is 5.97 Å². The molecule has 0 spiro atoms. The van der Waals surface area contributed by atoms with E-state index in [1.54, 1.807) is 6.92 Å². The zero-order valence-electron chi connectivity index (χ0n) is 13.9. The topological polar surface area (TPSA) is 102 Å². The van der Waals surface area contributed by atoms with Crippen molar-refractivity contribution in [3.63, 3.8) is 0 Å². The number of rotatable bonds is 6. The van der Waals surface area contributed by atoms with Crippen molar-refractivity contribution in [1.29, 1.82) is 0 Å². The number of carboxylic acid groups (broad SMARTS) is 1. The van der Waals surface area contributed by atoms with Gasteiger partial charge in [-0.25, -0.2) is 9.78 Å². The summed E-state index contributed by atoms with van der Waals surface area (Å²) in [5, 5.41) is 14.0. The summed E-state index contributed by atoms with van der Waals surface area (Å²) in [5.41, 5.74) is 0.518. The van der Waals surface area contributed by atoms with Crippen molar-refractivity contribution < 1.29 is 23.8 Å². The van der Waals surface area contributed by atoms with Crippen LogP contribution in [-0.2, 0) is 20.7 Å². The molecule has 0 aromatic carbocycles. The number of ether oxygens (including phenoxy) is 1. The van der Waals surface area contributed by atoms with E-state index in [0.717, 1.165) is 17.7 Å². The lowest BCUT2D eigenvalue weighted by Gasteiger charge is -2.28. The molecule has 1 amide bonds. The highest BCUT2D eigenvalue weighted by Gasteiger charge is 2.31. The minimum absolute atomic E-state index is 0.0158. The molecule has 0 aliphatic carbocycles. The molecule has 2 atom stereocenters. The quantitative estimate of drug-likeness (QED) is 0.815. The van der Waals surface area contributed by atoms with Crippen LogP contribution in [0.1, 0.15) is 24.3 Å². The molecule has 2 aromatic rings. The van der Waals surface area contributed by atoms with Gasteiger partial charge in [-0.05, 0) is 31.2 Å². The van der Waals surface area contributed by atoms with Crippen LogP contribution in [0.4, 0.5) is 0 Å². The van der Waals surface area contributed by atoms with Gasteiger partial charge in [0.05, 0.1) is 23.6 Å². The molecule has 3 heterocycles. The fourth-order valence-electron chi connectivity index (χ4n) is 2.88. The van der Waals surface area contributed by atoms with E-state index in [9.17, 15) is 14.7 Å². The molecule has 2 N–H and O–H groups in total. The first kappa shape index (κ1) is 17.6. The molecule has 2 unspecified atom stereocenters. The van der Waals surface area contributed by atoms with Crippen LogP contribution in [0.5, 0.6) is 0 Å². The summed E-state index contributed by atoms with van der Waals surface area (Å²) < 4.78 is 10.9. The monoisotopic (exact) mass is 364 g/mol. The summed E-state index contributed by atoms with van der Waals surface area (Å²) in [5.74, 6) is -0.598. The average molecular weight is 364 g/mol. The van der Waals surface area contributed by atoms with E-state index in [1.807, 2.05) is 17.5 Å². The maximum atomic E-state index is 12.3. The fourth-order valence-corrected chi connectivity index (χ4v) is 3.53. The lowest BCUT2D eigenvalue weighted by Crippen LogP contribution is -2.48. The largest absolute Gasteiger partial charge is 0.480 e. The number of nitrogens with zero attached hydrogens (tertiary/aromatic N) is 1. The van der Waals surface area contributed by atoms with Crippen molar-refractivity contribution in [2.75, 3.05) is 13.2 Å². The molecular weight excluding hydrogens is 344 g/mol. The predicted octanol–water partition coefficient (Wildman–Crippen LogP) is 2.25. The number of aromatic nitrogens is 1. The van der Waals surface area contributed by atoms with Crippen LogP contribution in [0.15, 0.2) is 21.9 Å². The van der Waals surface area contributed by atoms with E-state index in [4.69, 9.17) is 9.15 Å². The van der Waals surface area contributed by atoms with Crippen molar-refractivity contribution in [2.24, 2.45) is 5.92 Å². The molecular formula is C17H20N2O5S. The highest BCUT2D eigenvalue weighted by Crippen LogP contribution is 2.26. The maximum absolute atomic E-state index is 12.3. The Morgan fingerprint density at radius 2 is 2.36 bits per heavy atom. The number of carbonyl (C=O) groups is 2. The fraction of sp³-hybridized carbons (Fsp3) is 0.471. The predicted molar refractivity (Wildman–Crippen MR) is 91.4 cm³/mol. The molecule has 0 radical (unpaired) electrons. The summed E-state index contributed by atoms with van der Waals surface area (Å²) in [7, 11) is 0. The first-order valence-electron chi connectivity index (χ1n) is 8.14. The third kappa shape index (κ3) is 4.26. The lowest BCUT2D eigenvalue weighted by atomic mass is 9.93.